The van der Waals surface area contributed by atoms with Gasteiger partial charge in [0.1, 0.15) is 11.0 Å². The lowest BCUT2D eigenvalue weighted by atomic mass is 10.1. The molecule has 2 rings (SSSR count). The minimum Gasteiger partial charge on any atom is -0.497 e. The first-order chi connectivity index (χ1) is 9.69. The van der Waals surface area contributed by atoms with Crippen LogP contribution in [0, 0.1) is 0 Å². The van der Waals surface area contributed by atoms with Gasteiger partial charge in [-0.1, -0.05) is 30.3 Å². The second-order valence-corrected chi connectivity index (χ2v) is 5.59. The van der Waals surface area contributed by atoms with Crippen LogP contribution in [0.3, 0.4) is 0 Å². The van der Waals surface area contributed by atoms with Gasteiger partial charge < -0.3 is 9.84 Å². The predicted octanol–water partition coefficient (Wildman–Crippen LogP) is 3.48. The van der Waals surface area contributed by atoms with Crippen LogP contribution in [-0.2, 0) is 11.2 Å². The first-order valence-corrected chi connectivity index (χ1v) is 7.14. The van der Waals surface area contributed by atoms with Gasteiger partial charge in [0.25, 0.3) is 0 Å². The molecule has 104 valence electrons. The van der Waals surface area contributed by atoms with Gasteiger partial charge in [-0.15, -0.1) is 11.8 Å². The Balaban J connectivity index is 2.07. The van der Waals surface area contributed by atoms with Crippen molar-refractivity contribution in [3.63, 3.8) is 0 Å². The molecule has 0 fully saturated rings. The number of hydrogen-bond acceptors (Lipinski definition) is 3. The molecule has 0 bridgehead atoms. The van der Waals surface area contributed by atoms with Crippen LogP contribution in [0.4, 0.5) is 0 Å². The van der Waals surface area contributed by atoms with Crippen molar-refractivity contribution in [3.05, 3.63) is 60.2 Å². The summed E-state index contributed by atoms with van der Waals surface area (Å²) in [5, 5.41) is 8.86. The van der Waals surface area contributed by atoms with Crippen LogP contribution in [0.25, 0.3) is 0 Å². The molecule has 0 aliphatic heterocycles. The minimum absolute atomic E-state index is 0.485. The number of hydrogen-bond donors (Lipinski definition) is 1. The zero-order chi connectivity index (χ0) is 14.4. The highest BCUT2D eigenvalue weighted by molar-refractivity contribution is 8.00. The van der Waals surface area contributed by atoms with Crippen LogP contribution < -0.4 is 4.74 Å². The maximum atomic E-state index is 11.4. The zero-order valence-electron chi connectivity index (χ0n) is 11.2. The van der Waals surface area contributed by atoms with Crippen molar-refractivity contribution in [2.45, 2.75) is 16.6 Å². The molecule has 0 aromatic heterocycles. The van der Waals surface area contributed by atoms with Gasteiger partial charge in [0, 0.05) is 4.90 Å². The fourth-order valence-electron chi connectivity index (χ4n) is 1.82. The average Bonchev–Trinajstić information content (AvgIpc) is 2.48. The summed E-state index contributed by atoms with van der Waals surface area (Å²) in [6.07, 6.45) is 0.485. The van der Waals surface area contributed by atoms with E-state index in [1.54, 1.807) is 7.11 Å². The Labute approximate surface area is 122 Å². The molecule has 20 heavy (non-hydrogen) atoms. The molecule has 1 atom stereocenters. The summed E-state index contributed by atoms with van der Waals surface area (Å²) in [6.45, 7) is 0. The molecule has 2 aromatic rings. The van der Waals surface area contributed by atoms with Crippen molar-refractivity contribution in [1.29, 1.82) is 0 Å². The molecule has 4 heteroatoms. The average molecular weight is 288 g/mol. The lowest BCUT2D eigenvalue weighted by Crippen LogP contribution is -2.19. The molecular weight excluding hydrogens is 272 g/mol. The Morgan fingerprint density at radius 1 is 1.15 bits per heavy atom. The molecular formula is C16H16O3S. The van der Waals surface area contributed by atoms with Gasteiger partial charge in [-0.25, -0.2) is 0 Å². The number of ether oxygens (including phenoxy) is 1. The Kier molecular flexibility index (Phi) is 5.07. The van der Waals surface area contributed by atoms with Crippen LogP contribution in [0.15, 0.2) is 59.5 Å². The number of carboxylic acid groups (broad SMARTS) is 1. The predicted molar refractivity (Wildman–Crippen MR) is 80.4 cm³/mol. The maximum Gasteiger partial charge on any atom is 0.317 e. The number of methoxy groups -OCH3 is 1. The van der Waals surface area contributed by atoms with Crippen LogP contribution in [-0.4, -0.2) is 23.4 Å². The van der Waals surface area contributed by atoms with Crippen molar-refractivity contribution < 1.29 is 14.6 Å². The lowest BCUT2D eigenvalue weighted by molar-refractivity contribution is -0.136. The van der Waals surface area contributed by atoms with Crippen LogP contribution in [0.5, 0.6) is 5.75 Å². The first kappa shape index (κ1) is 14.5. The molecule has 0 aliphatic rings. The summed E-state index contributed by atoms with van der Waals surface area (Å²) >= 11 is 1.37. The van der Waals surface area contributed by atoms with Crippen LogP contribution >= 0.6 is 11.8 Å². The van der Waals surface area contributed by atoms with Gasteiger partial charge in [-0.05, 0) is 36.2 Å². The van der Waals surface area contributed by atoms with E-state index in [-0.39, 0.29) is 0 Å². The molecule has 0 saturated heterocycles. The van der Waals surface area contributed by atoms with Gasteiger partial charge in [0.05, 0.1) is 7.11 Å². The number of rotatable bonds is 6. The van der Waals surface area contributed by atoms with Crippen molar-refractivity contribution in [2.24, 2.45) is 0 Å². The van der Waals surface area contributed by atoms with E-state index in [2.05, 4.69) is 0 Å². The third-order valence-electron chi connectivity index (χ3n) is 2.88. The van der Waals surface area contributed by atoms with E-state index in [9.17, 15) is 9.90 Å². The Morgan fingerprint density at radius 3 is 2.35 bits per heavy atom. The quantitative estimate of drug-likeness (QED) is 0.827. The highest BCUT2D eigenvalue weighted by Gasteiger charge is 2.19. The molecule has 0 aliphatic carbocycles. The summed E-state index contributed by atoms with van der Waals surface area (Å²) in [6, 6.07) is 17.1. The number of benzene rings is 2. The van der Waals surface area contributed by atoms with E-state index < -0.39 is 11.2 Å². The normalized spacial score (nSPS) is 11.8. The highest BCUT2D eigenvalue weighted by Crippen LogP contribution is 2.26. The third kappa shape index (κ3) is 4.03. The Bertz CT molecular complexity index is 552. The van der Waals surface area contributed by atoms with E-state index in [1.807, 2.05) is 54.6 Å². The van der Waals surface area contributed by atoms with Crippen molar-refractivity contribution >= 4 is 17.7 Å². The van der Waals surface area contributed by atoms with E-state index in [0.717, 1.165) is 16.2 Å². The minimum atomic E-state index is -0.797. The fourth-order valence-corrected chi connectivity index (χ4v) is 2.84. The SMILES string of the molecule is COc1ccc(CC(Sc2ccccc2)C(=O)O)cc1. The maximum absolute atomic E-state index is 11.4. The summed E-state index contributed by atoms with van der Waals surface area (Å²) in [5.74, 6) is -0.0222. The van der Waals surface area contributed by atoms with Crippen LogP contribution in [0.2, 0.25) is 0 Å². The molecule has 0 saturated carbocycles. The van der Waals surface area contributed by atoms with Crippen LogP contribution in [0.1, 0.15) is 5.56 Å². The molecule has 1 unspecified atom stereocenters. The zero-order valence-corrected chi connectivity index (χ0v) is 12.0. The van der Waals surface area contributed by atoms with E-state index in [0.29, 0.717) is 6.42 Å². The van der Waals surface area contributed by atoms with Gasteiger partial charge in [0.2, 0.25) is 0 Å². The summed E-state index contributed by atoms with van der Waals surface area (Å²) < 4.78 is 5.10. The topological polar surface area (TPSA) is 46.5 Å². The molecule has 0 spiro atoms. The third-order valence-corrected chi connectivity index (χ3v) is 4.07. The second-order valence-electron chi connectivity index (χ2n) is 4.31. The summed E-state index contributed by atoms with van der Waals surface area (Å²) in [5.41, 5.74) is 0.988. The van der Waals surface area contributed by atoms with E-state index >= 15 is 0 Å². The van der Waals surface area contributed by atoms with Crippen molar-refractivity contribution in [1.82, 2.24) is 0 Å². The molecule has 0 heterocycles. The second kappa shape index (κ2) is 7.01. The van der Waals surface area contributed by atoms with Gasteiger partial charge in [-0.3, -0.25) is 4.79 Å². The number of carbonyl (C=O) groups is 1. The molecule has 0 amide bonds. The monoisotopic (exact) mass is 288 g/mol. The smallest absolute Gasteiger partial charge is 0.317 e. The van der Waals surface area contributed by atoms with E-state index in [4.69, 9.17) is 4.74 Å². The van der Waals surface area contributed by atoms with Gasteiger partial charge >= 0.3 is 5.97 Å². The molecule has 0 radical (unpaired) electrons. The lowest BCUT2D eigenvalue weighted by Gasteiger charge is -2.12. The van der Waals surface area contributed by atoms with E-state index in [1.165, 1.54) is 11.8 Å². The standard InChI is InChI=1S/C16H16O3S/c1-19-13-9-7-12(8-10-13)11-15(16(17)18)20-14-5-3-2-4-6-14/h2-10,15H,11H2,1H3,(H,17,18). The number of carboxylic acids is 1. The number of aliphatic carboxylic acids is 1. The highest BCUT2D eigenvalue weighted by atomic mass is 32.2. The fraction of sp³-hybridized carbons (Fsp3) is 0.188. The number of thioether (sulfide) groups is 1. The molecule has 2 aromatic carbocycles. The summed E-state index contributed by atoms with van der Waals surface area (Å²) in [7, 11) is 1.61. The van der Waals surface area contributed by atoms with Gasteiger partial charge in [0.15, 0.2) is 0 Å². The first-order valence-electron chi connectivity index (χ1n) is 6.26. The van der Waals surface area contributed by atoms with Crippen molar-refractivity contribution in [2.75, 3.05) is 7.11 Å². The molecule has 3 nitrogen and oxygen atoms in total. The Morgan fingerprint density at radius 2 is 1.80 bits per heavy atom. The largest absolute Gasteiger partial charge is 0.497 e. The summed E-state index contributed by atoms with van der Waals surface area (Å²) in [4.78, 5) is 12.4. The van der Waals surface area contributed by atoms with Gasteiger partial charge in [-0.2, -0.15) is 0 Å². The Hall–Kier alpha value is -1.94. The van der Waals surface area contributed by atoms with Crippen molar-refractivity contribution in [3.8, 4) is 5.75 Å². The molecule has 1 N–H and O–H groups in total.